The molecule has 1 N–H and O–H groups in total. The van der Waals surface area contributed by atoms with Gasteiger partial charge in [-0.25, -0.2) is 0 Å². The minimum atomic E-state index is 0.290. The molecule has 1 unspecified atom stereocenters. The molecule has 2 heteroatoms. The van der Waals surface area contributed by atoms with Crippen LogP contribution in [0.1, 0.15) is 34.1 Å². The van der Waals surface area contributed by atoms with Gasteiger partial charge < -0.3 is 4.74 Å². The molecule has 1 saturated heterocycles. The molecule has 1 heterocycles. The third-order valence-corrected chi connectivity index (χ3v) is 2.17. The zero-order valence-corrected chi connectivity index (χ0v) is 8.68. The molecule has 72 valence electrons. The minimum Gasteiger partial charge on any atom is -0.363 e. The van der Waals surface area contributed by atoms with Crippen molar-refractivity contribution >= 4 is 0 Å². The van der Waals surface area contributed by atoms with Crippen molar-refractivity contribution in [1.82, 2.24) is 5.32 Å². The molecule has 1 atom stereocenters. The number of rotatable bonds is 2. The smallest absolute Gasteiger partial charge is 0.108 e. The second-order valence-electron chi connectivity index (χ2n) is 4.97. The molecule has 0 spiro atoms. The molecule has 1 aliphatic heterocycles. The van der Waals surface area contributed by atoms with Crippen molar-refractivity contribution in [2.45, 2.75) is 40.3 Å². The number of ether oxygens (including phenoxy) is 1. The molecule has 2 nitrogen and oxygen atoms in total. The van der Waals surface area contributed by atoms with Crippen molar-refractivity contribution in [3.05, 3.63) is 0 Å². The Kier molecular flexibility index (Phi) is 3.13. The van der Waals surface area contributed by atoms with E-state index in [1.807, 2.05) is 0 Å². The molecule has 1 rings (SSSR count). The molecule has 0 saturated carbocycles. The van der Waals surface area contributed by atoms with Gasteiger partial charge in [0.15, 0.2) is 0 Å². The highest BCUT2D eigenvalue weighted by atomic mass is 16.5. The molecule has 1 aliphatic rings. The molecule has 0 aromatic rings. The molecule has 0 radical (unpaired) electrons. The lowest BCUT2D eigenvalue weighted by Crippen LogP contribution is -2.48. The molecule has 0 amide bonds. The highest BCUT2D eigenvalue weighted by molar-refractivity contribution is 4.77. The SMILES string of the molecule is CC(C)CC1NCC(C)(C)CO1. The summed E-state index contributed by atoms with van der Waals surface area (Å²) in [6.07, 6.45) is 1.41. The first-order chi connectivity index (χ1) is 5.49. The van der Waals surface area contributed by atoms with Crippen LogP contribution < -0.4 is 5.32 Å². The van der Waals surface area contributed by atoms with Crippen molar-refractivity contribution in [3.8, 4) is 0 Å². The van der Waals surface area contributed by atoms with Crippen LogP contribution in [0.4, 0.5) is 0 Å². The first kappa shape index (κ1) is 10.0. The Morgan fingerprint density at radius 3 is 2.58 bits per heavy atom. The molecule has 12 heavy (non-hydrogen) atoms. The van der Waals surface area contributed by atoms with Crippen LogP contribution in [0.15, 0.2) is 0 Å². The van der Waals surface area contributed by atoms with Gasteiger partial charge in [-0.05, 0) is 12.3 Å². The van der Waals surface area contributed by atoms with Crippen molar-refractivity contribution in [2.75, 3.05) is 13.2 Å². The average molecular weight is 171 g/mol. The fraction of sp³-hybridized carbons (Fsp3) is 1.00. The molecule has 1 fully saturated rings. The van der Waals surface area contributed by atoms with Gasteiger partial charge in [0.05, 0.1) is 6.61 Å². The van der Waals surface area contributed by atoms with E-state index in [0.29, 0.717) is 11.3 Å². The Morgan fingerprint density at radius 1 is 1.50 bits per heavy atom. The summed E-state index contributed by atoms with van der Waals surface area (Å²) in [5, 5.41) is 3.42. The standard InChI is InChI=1S/C10H21NO/c1-8(2)5-9-11-6-10(3,4)7-12-9/h8-9,11H,5-7H2,1-4H3. The Hall–Kier alpha value is -0.0800. The van der Waals surface area contributed by atoms with E-state index in [4.69, 9.17) is 4.74 Å². The Morgan fingerprint density at radius 2 is 2.17 bits per heavy atom. The average Bonchev–Trinajstić information content (AvgIpc) is 1.93. The maximum absolute atomic E-state index is 5.69. The predicted molar refractivity (Wildman–Crippen MR) is 51.0 cm³/mol. The summed E-state index contributed by atoms with van der Waals surface area (Å²) in [7, 11) is 0. The van der Waals surface area contributed by atoms with Crippen molar-refractivity contribution in [2.24, 2.45) is 11.3 Å². The van der Waals surface area contributed by atoms with Crippen LogP contribution in [-0.4, -0.2) is 19.4 Å². The van der Waals surface area contributed by atoms with Gasteiger partial charge in [0.1, 0.15) is 6.23 Å². The van der Waals surface area contributed by atoms with Crippen LogP contribution in [-0.2, 0) is 4.74 Å². The summed E-state index contributed by atoms with van der Waals surface area (Å²) in [6, 6.07) is 0. The summed E-state index contributed by atoms with van der Waals surface area (Å²) >= 11 is 0. The van der Waals surface area contributed by atoms with E-state index >= 15 is 0 Å². The highest BCUT2D eigenvalue weighted by Crippen LogP contribution is 2.21. The van der Waals surface area contributed by atoms with Gasteiger partial charge >= 0.3 is 0 Å². The summed E-state index contributed by atoms with van der Waals surface area (Å²) in [4.78, 5) is 0. The van der Waals surface area contributed by atoms with Gasteiger partial charge in [0.25, 0.3) is 0 Å². The van der Waals surface area contributed by atoms with Gasteiger partial charge in [0, 0.05) is 12.0 Å². The van der Waals surface area contributed by atoms with E-state index < -0.39 is 0 Å². The molecule has 0 aliphatic carbocycles. The van der Waals surface area contributed by atoms with E-state index in [0.717, 1.165) is 19.6 Å². The van der Waals surface area contributed by atoms with Gasteiger partial charge in [-0.2, -0.15) is 0 Å². The van der Waals surface area contributed by atoms with E-state index in [9.17, 15) is 0 Å². The lowest BCUT2D eigenvalue weighted by atomic mass is 9.93. The molecule has 0 aromatic carbocycles. The zero-order chi connectivity index (χ0) is 9.19. The van der Waals surface area contributed by atoms with Crippen LogP contribution in [0.2, 0.25) is 0 Å². The predicted octanol–water partition coefficient (Wildman–Crippen LogP) is 2.00. The first-order valence-corrected chi connectivity index (χ1v) is 4.84. The fourth-order valence-corrected chi connectivity index (χ4v) is 1.41. The lowest BCUT2D eigenvalue weighted by molar-refractivity contribution is -0.0655. The van der Waals surface area contributed by atoms with Crippen LogP contribution in [0.25, 0.3) is 0 Å². The minimum absolute atomic E-state index is 0.290. The van der Waals surface area contributed by atoms with Crippen LogP contribution >= 0.6 is 0 Å². The Balaban J connectivity index is 2.27. The van der Waals surface area contributed by atoms with Crippen molar-refractivity contribution in [3.63, 3.8) is 0 Å². The number of hydrogen-bond acceptors (Lipinski definition) is 2. The first-order valence-electron chi connectivity index (χ1n) is 4.84. The Bertz CT molecular complexity index is 133. The molecular formula is C10H21NO. The molecule has 0 bridgehead atoms. The van der Waals surface area contributed by atoms with Gasteiger partial charge in [-0.3, -0.25) is 5.32 Å². The third kappa shape index (κ3) is 3.11. The van der Waals surface area contributed by atoms with Crippen molar-refractivity contribution in [1.29, 1.82) is 0 Å². The van der Waals surface area contributed by atoms with Crippen LogP contribution in [0.5, 0.6) is 0 Å². The van der Waals surface area contributed by atoms with E-state index in [1.165, 1.54) is 0 Å². The monoisotopic (exact) mass is 171 g/mol. The maximum Gasteiger partial charge on any atom is 0.108 e. The zero-order valence-electron chi connectivity index (χ0n) is 8.68. The lowest BCUT2D eigenvalue weighted by Gasteiger charge is -2.36. The van der Waals surface area contributed by atoms with Gasteiger partial charge in [0.2, 0.25) is 0 Å². The number of hydrogen-bond donors (Lipinski definition) is 1. The second kappa shape index (κ2) is 3.75. The largest absolute Gasteiger partial charge is 0.363 e. The molecular weight excluding hydrogens is 150 g/mol. The normalized spacial score (nSPS) is 29.2. The van der Waals surface area contributed by atoms with Gasteiger partial charge in [-0.15, -0.1) is 0 Å². The molecule has 0 aromatic heterocycles. The highest BCUT2D eigenvalue weighted by Gasteiger charge is 2.26. The number of nitrogens with one attached hydrogen (secondary N) is 1. The quantitative estimate of drug-likeness (QED) is 0.686. The summed E-state index contributed by atoms with van der Waals surface area (Å²) in [5.74, 6) is 0.712. The van der Waals surface area contributed by atoms with Crippen LogP contribution in [0.3, 0.4) is 0 Å². The Labute approximate surface area is 75.7 Å². The van der Waals surface area contributed by atoms with Gasteiger partial charge in [-0.1, -0.05) is 27.7 Å². The summed E-state index contributed by atoms with van der Waals surface area (Å²) in [5.41, 5.74) is 0.313. The van der Waals surface area contributed by atoms with Crippen LogP contribution in [0, 0.1) is 11.3 Å². The van der Waals surface area contributed by atoms with E-state index in [2.05, 4.69) is 33.0 Å². The third-order valence-electron chi connectivity index (χ3n) is 2.17. The second-order valence-corrected chi connectivity index (χ2v) is 4.97. The summed E-state index contributed by atoms with van der Waals surface area (Å²) < 4.78 is 5.69. The fourth-order valence-electron chi connectivity index (χ4n) is 1.41. The maximum atomic E-state index is 5.69. The summed E-state index contributed by atoms with van der Waals surface area (Å²) in [6.45, 7) is 10.9. The van der Waals surface area contributed by atoms with E-state index in [1.54, 1.807) is 0 Å². The topological polar surface area (TPSA) is 21.3 Å². The van der Waals surface area contributed by atoms with Crippen molar-refractivity contribution < 1.29 is 4.74 Å². The van der Waals surface area contributed by atoms with E-state index in [-0.39, 0.29) is 6.23 Å².